The molecule has 2 aromatic rings. The lowest BCUT2D eigenvalue weighted by atomic mass is 10.2. The Kier molecular flexibility index (Phi) is 4.47. The molecule has 4 nitrogen and oxygen atoms in total. The number of hydrogen-bond donors (Lipinski definition) is 0. The Morgan fingerprint density at radius 1 is 1.23 bits per heavy atom. The molecule has 0 amide bonds. The molecule has 116 valence electrons. The summed E-state index contributed by atoms with van der Waals surface area (Å²) in [5.41, 5.74) is 2.19. The molecule has 4 heteroatoms. The van der Waals surface area contributed by atoms with Crippen LogP contribution in [0.3, 0.4) is 0 Å². The van der Waals surface area contributed by atoms with E-state index in [4.69, 9.17) is 9.47 Å². The molecule has 22 heavy (non-hydrogen) atoms. The zero-order valence-electron chi connectivity index (χ0n) is 13.2. The Morgan fingerprint density at radius 3 is 2.86 bits per heavy atom. The number of para-hydroxylation sites is 1. The fourth-order valence-electron chi connectivity index (χ4n) is 2.63. The predicted octanol–water partition coefficient (Wildman–Crippen LogP) is 3.49. The highest BCUT2D eigenvalue weighted by Crippen LogP contribution is 2.21. The second kappa shape index (κ2) is 6.69. The van der Waals surface area contributed by atoms with Gasteiger partial charge in [-0.3, -0.25) is 0 Å². The normalized spacial score (nSPS) is 17.2. The van der Waals surface area contributed by atoms with E-state index in [1.807, 2.05) is 31.2 Å². The van der Waals surface area contributed by atoms with Gasteiger partial charge < -0.3 is 14.0 Å². The first-order valence-electron chi connectivity index (χ1n) is 7.88. The standard InChI is InChI=1S/C18H22N2O2/c1-3-15-13-22-18(19-15)16-9-7-11-20(16)12-14-8-5-6-10-17(14)21-4-2/h5-11,15H,3-4,12-13H2,1-2H3/t15-/m1/s1. The fraction of sp³-hybridized carbons (Fsp3) is 0.389. The quantitative estimate of drug-likeness (QED) is 0.818. The van der Waals surface area contributed by atoms with Crippen LogP contribution in [0, 0.1) is 0 Å². The number of hydrogen-bond acceptors (Lipinski definition) is 3. The van der Waals surface area contributed by atoms with Gasteiger partial charge in [0.1, 0.15) is 18.1 Å². The number of rotatable bonds is 6. The summed E-state index contributed by atoms with van der Waals surface area (Å²) in [4.78, 5) is 4.65. The minimum atomic E-state index is 0.286. The zero-order chi connectivity index (χ0) is 15.4. The smallest absolute Gasteiger partial charge is 0.233 e. The van der Waals surface area contributed by atoms with Crippen molar-refractivity contribution in [1.82, 2.24) is 4.57 Å². The van der Waals surface area contributed by atoms with Crippen molar-refractivity contribution < 1.29 is 9.47 Å². The van der Waals surface area contributed by atoms with Crippen LogP contribution in [0.25, 0.3) is 0 Å². The van der Waals surface area contributed by atoms with Gasteiger partial charge in [-0.2, -0.15) is 0 Å². The van der Waals surface area contributed by atoms with E-state index >= 15 is 0 Å². The van der Waals surface area contributed by atoms with E-state index in [9.17, 15) is 0 Å². The predicted molar refractivity (Wildman–Crippen MR) is 87.7 cm³/mol. The Labute approximate surface area is 131 Å². The number of ether oxygens (including phenoxy) is 2. The van der Waals surface area contributed by atoms with E-state index in [1.165, 1.54) is 0 Å². The van der Waals surface area contributed by atoms with Crippen LogP contribution in [0.4, 0.5) is 0 Å². The Bertz CT molecular complexity index is 661. The summed E-state index contributed by atoms with van der Waals surface area (Å²) in [6, 6.07) is 12.5. The summed E-state index contributed by atoms with van der Waals surface area (Å²) in [5, 5.41) is 0. The van der Waals surface area contributed by atoms with Crippen molar-refractivity contribution in [2.45, 2.75) is 32.9 Å². The van der Waals surface area contributed by atoms with Crippen molar-refractivity contribution in [2.75, 3.05) is 13.2 Å². The average molecular weight is 298 g/mol. The number of aromatic nitrogens is 1. The van der Waals surface area contributed by atoms with Gasteiger partial charge in [-0.15, -0.1) is 0 Å². The summed E-state index contributed by atoms with van der Waals surface area (Å²) in [6.07, 6.45) is 3.07. The minimum Gasteiger partial charge on any atom is -0.494 e. The summed E-state index contributed by atoms with van der Waals surface area (Å²) in [6.45, 7) is 6.25. The molecule has 0 radical (unpaired) electrons. The van der Waals surface area contributed by atoms with Gasteiger partial charge in [0, 0.05) is 11.8 Å². The molecule has 3 rings (SSSR count). The monoisotopic (exact) mass is 298 g/mol. The van der Waals surface area contributed by atoms with Crippen LogP contribution in [0.15, 0.2) is 47.6 Å². The summed E-state index contributed by atoms with van der Waals surface area (Å²) < 4.78 is 13.6. The van der Waals surface area contributed by atoms with Crippen LogP contribution in [-0.2, 0) is 11.3 Å². The molecule has 0 unspecified atom stereocenters. The van der Waals surface area contributed by atoms with Crippen LogP contribution in [0.1, 0.15) is 31.5 Å². The Balaban J connectivity index is 1.84. The highest BCUT2D eigenvalue weighted by atomic mass is 16.5. The maximum atomic E-state index is 5.75. The molecule has 1 aliphatic rings. The lowest BCUT2D eigenvalue weighted by Crippen LogP contribution is -2.11. The molecule has 1 aromatic heterocycles. The maximum Gasteiger partial charge on any atom is 0.233 e. The van der Waals surface area contributed by atoms with Crippen molar-refractivity contribution in [1.29, 1.82) is 0 Å². The first-order valence-corrected chi connectivity index (χ1v) is 7.88. The third-order valence-corrected chi connectivity index (χ3v) is 3.85. The maximum absolute atomic E-state index is 5.75. The molecule has 0 aliphatic carbocycles. The molecule has 0 saturated carbocycles. The minimum absolute atomic E-state index is 0.286. The van der Waals surface area contributed by atoms with Crippen LogP contribution in [0.2, 0.25) is 0 Å². The highest BCUT2D eigenvalue weighted by Gasteiger charge is 2.21. The van der Waals surface area contributed by atoms with Crippen molar-refractivity contribution in [3.05, 3.63) is 53.9 Å². The molecule has 0 fully saturated rings. The lowest BCUT2D eigenvalue weighted by molar-refractivity contribution is 0.313. The van der Waals surface area contributed by atoms with Crippen LogP contribution in [0.5, 0.6) is 5.75 Å². The van der Waals surface area contributed by atoms with Crippen molar-refractivity contribution >= 4 is 5.90 Å². The molecule has 1 aromatic carbocycles. The second-order valence-electron chi connectivity index (χ2n) is 5.37. The number of benzene rings is 1. The first kappa shape index (κ1) is 14.7. The average Bonchev–Trinajstić information content (AvgIpc) is 3.18. The molecule has 0 bridgehead atoms. The first-order chi connectivity index (χ1) is 10.8. The van der Waals surface area contributed by atoms with Gasteiger partial charge in [0.15, 0.2) is 0 Å². The van der Waals surface area contributed by atoms with Gasteiger partial charge in [-0.25, -0.2) is 4.99 Å². The topological polar surface area (TPSA) is 35.8 Å². The summed E-state index contributed by atoms with van der Waals surface area (Å²) >= 11 is 0. The summed E-state index contributed by atoms with van der Waals surface area (Å²) in [5.74, 6) is 1.69. The number of nitrogens with zero attached hydrogens (tertiary/aromatic N) is 2. The molecule has 0 N–H and O–H groups in total. The molecule has 1 aliphatic heterocycles. The van der Waals surface area contributed by atoms with Crippen LogP contribution < -0.4 is 4.74 Å². The van der Waals surface area contributed by atoms with Crippen molar-refractivity contribution in [3.63, 3.8) is 0 Å². The second-order valence-corrected chi connectivity index (χ2v) is 5.37. The molecule has 1 atom stereocenters. The molecular formula is C18H22N2O2. The largest absolute Gasteiger partial charge is 0.494 e. The third-order valence-electron chi connectivity index (χ3n) is 3.85. The van der Waals surface area contributed by atoms with E-state index in [0.29, 0.717) is 13.2 Å². The molecule has 0 saturated heterocycles. The fourth-order valence-corrected chi connectivity index (χ4v) is 2.63. The van der Waals surface area contributed by atoms with Crippen molar-refractivity contribution in [2.24, 2.45) is 4.99 Å². The van der Waals surface area contributed by atoms with E-state index < -0.39 is 0 Å². The molecular weight excluding hydrogens is 276 g/mol. The van der Waals surface area contributed by atoms with Crippen molar-refractivity contribution in [3.8, 4) is 5.75 Å². The van der Waals surface area contributed by atoms with E-state index in [2.05, 4.69) is 34.8 Å². The van der Waals surface area contributed by atoms with Gasteiger partial charge in [-0.05, 0) is 31.5 Å². The zero-order valence-corrected chi connectivity index (χ0v) is 13.2. The van der Waals surface area contributed by atoms with E-state index in [1.54, 1.807) is 0 Å². The van der Waals surface area contributed by atoms with Gasteiger partial charge in [0.2, 0.25) is 5.90 Å². The van der Waals surface area contributed by atoms with Gasteiger partial charge in [-0.1, -0.05) is 25.1 Å². The SMILES string of the molecule is CCOc1ccccc1Cn1cccc1C1=N[C@H](CC)CO1. The van der Waals surface area contributed by atoms with Crippen LogP contribution >= 0.6 is 0 Å². The summed E-state index contributed by atoms with van der Waals surface area (Å²) in [7, 11) is 0. The van der Waals surface area contributed by atoms with Crippen LogP contribution in [-0.4, -0.2) is 29.7 Å². The molecule has 0 spiro atoms. The van der Waals surface area contributed by atoms with Gasteiger partial charge >= 0.3 is 0 Å². The van der Waals surface area contributed by atoms with Gasteiger partial charge in [0.25, 0.3) is 0 Å². The third kappa shape index (κ3) is 3.01. The Hall–Kier alpha value is -2.23. The van der Waals surface area contributed by atoms with Gasteiger partial charge in [0.05, 0.1) is 19.2 Å². The van der Waals surface area contributed by atoms with E-state index in [0.717, 1.165) is 35.9 Å². The number of aliphatic imine (C=N–C) groups is 1. The molecule has 2 heterocycles. The Morgan fingerprint density at radius 2 is 2.09 bits per heavy atom. The highest BCUT2D eigenvalue weighted by molar-refractivity contribution is 5.93. The van der Waals surface area contributed by atoms with E-state index in [-0.39, 0.29) is 6.04 Å². The lowest BCUT2D eigenvalue weighted by Gasteiger charge is -2.13.